The molecule has 0 radical (unpaired) electrons. The molecule has 9 heteroatoms. The number of aryl methyl sites for hydroxylation is 2. The van der Waals surface area contributed by atoms with Crippen molar-refractivity contribution in [3.05, 3.63) is 199 Å². The number of aromatic nitrogens is 6. The lowest BCUT2D eigenvalue weighted by Gasteiger charge is -2.09. The second kappa shape index (κ2) is 17.8. The molecule has 0 spiro atoms. The predicted molar refractivity (Wildman–Crippen MR) is 241 cm³/mol. The van der Waals surface area contributed by atoms with E-state index in [1.54, 1.807) is 30.6 Å². The van der Waals surface area contributed by atoms with E-state index in [9.17, 15) is 5.11 Å². The number of phenolic OH excluding ortho intramolecular Hbond substituents is 1. The number of halogens is 1. The number of ether oxygens (including phenoxy) is 1. The van der Waals surface area contributed by atoms with E-state index in [1.807, 2.05) is 148 Å². The van der Waals surface area contributed by atoms with E-state index in [0.29, 0.717) is 0 Å². The van der Waals surface area contributed by atoms with Crippen molar-refractivity contribution < 1.29 is 9.84 Å². The van der Waals surface area contributed by atoms with Crippen LogP contribution >= 0.6 is 15.9 Å². The fourth-order valence-corrected chi connectivity index (χ4v) is 7.12. The summed E-state index contributed by atoms with van der Waals surface area (Å²) >= 11 is 3.49. The molecule has 0 atom stereocenters. The fraction of sp³-hybridized carbons (Fsp3) is 0.0400. The summed E-state index contributed by atoms with van der Waals surface area (Å²) in [5.41, 5.74) is 10.2. The lowest BCUT2D eigenvalue weighted by Crippen LogP contribution is -1.93. The minimum Gasteiger partial charge on any atom is -0.508 e. The highest BCUT2D eigenvalue weighted by atomic mass is 79.9. The molecule has 6 aromatic carbocycles. The lowest BCUT2D eigenvalue weighted by atomic mass is 10.1. The Morgan fingerprint density at radius 2 is 0.915 bits per heavy atom. The van der Waals surface area contributed by atoms with Crippen molar-refractivity contribution in [2.45, 2.75) is 0 Å². The predicted octanol–water partition coefficient (Wildman–Crippen LogP) is 12.6. The maximum atomic E-state index is 9.25. The lowest BCUT2D eigenvalue weighted by molar-refractivity contribution is 0.475. The summed E-state index contributed by atoms with van der Waals surface area (Å²) in [4.78, 5) is 18.0. The van der Waals surface area contributed by atoms with Crippen molar-refractivity contribution in [2.75, 3.05) is 0 Å². The van der Waals surface area contributed by atoms with Crippen LogP contribution in [0.4, 0.5) is 0 Å². The van der Waals surface area contributed by atoms with E-state index in [2.05, 4.69) is 70.3 Å². The maximum absolute atomic E-state index is 9.25. The molecule has 8 nitrogen and oxygen atoms in total. The third-order valence-electron chi connectivity index (χ3n) is 9.59. The van der Waals surface area contributed by atoms with E-state index in [0.717, 1.165) is 83.3 Å². The van der Waals surface area contributed by atoms with Gasteiger partial charge < -0.3 is 19.0 Å². The van der Waals surface area contributed by atoms with Gasteiger partial charge in [0.1, 0.15) is 28.9 Å². The highest BCUT2D eigenvalue weighted by Gasteiger charge is 2.12. The minimum absolute atomic E-state index is 0.267. The molecular formula is C50H39BrN6O2. The highest BCUT2D eigenvalue weighted by Crippen LogP contribution is 2.31. The molecule has 1 N–H and O–H groups in total. The molecule has 0 aliphatic rings. The largest absolute Gasteiger partial charge is 0.508 e. The molecule has 0 bridgehead atoms. The first kappa shape index (κ1) is 38.5. The molecule has 0 unspecified atom stereocenters. The molecule has 0 aliphatic heterocycles. The van der Waals surface area contributed by atoms with Gasteiger partial charge in [0.25, 0.3) is 0 Å². The number of hydrogen-bond donors (Lipinski definition) is 1. The second-order valence-electron chi connectivity index (χ2n) is 13.6. The van der Waals surface area contributed by atoms with Gasteiger partial charge in [-0.05, 0) is 97.1 Å². The number of para-hydroxylation sites is 4. The summed E-state index contributed by atoms with van der Waals surface area (Å²) in [6.45, 7) is 0. The topological polar surface area (TPSA) is 90.9 Å². The van der Waals surface area contributed by atoms with Crippen LogP contribution in [0.5, 0.6) is 17.2 Å². The monoisotopic (exact) mass is 834 g/mol. The molecule has 0 fully saturated rings. The first-order valence-corrected chi connectivity index (χ1v) is 19.8. The normalized spacial score (nSPS) is 10.7. The second-order valence-corrected chi connectivity index (χ2v) is 14.5. The number of benzene rings is 6. The van der Waals surface area contributed by atoms with Crippen LogP contribution in [0, 0.1) is 0 Å². The summed E-state index contributed by atoms with van der Waals surface area (Å²) in [6.07, 6.45) is 3.53. The van der Waals surface area contributed by atoms with Crippen LogP contribution < -0.4 is 4.74 Å². The number of imidazole rings is 2. The Kier molecular flexibility index (Phi) is 11.6. The Morgan fingerprint density at radius 3 is 1.42 bits per heavy atom. The Bertz CT molecular complexity index is 2980. The Balaban J connectivity index is 0.000000136. The Morgan fingerprint density at radius 1 is 0.458 bits per heavy atom. The number of pyridine rings is 2. The van der Waals surface area contributed by atoms with Crippen LogP contribution in [-0.4, -0.2) is 34.2 Å². The number of aromatic hydroxyl groups is 1. The maximum Gasteiger partial charge on any atom is 0.140 e. The standard InChI is InChI=1S/C25H19N3O.C14H11BrN2.C11H9NO/c1-28-24-14-3-2-13-23(24)27-25(28)19-9-7-11-21(17-19)29-20-10-6-8-18(16-20)22-12-4-5-15-26-22;1-17-13-8-3-2-7-12(13)16-14(17)10-5-4-6-11(15)9-10;13-10-5-3-4-9(8-10)11-6-1-2-7-12-11/h2-17H,1H3;2-9H,1H3;1-8,13H. The molecule has 288 valence electrons. The van der Waals surface area contributed by atoms with Crippen molar-refractivity contribution in [1.29, 1.82) is 0 Å². The molecule has 4 heterocycles. The van der Waals surface area contributed by atoms with Gasteiger partial charge in [-0.2, -0.15) is 0 Å². The minimum atomic E-state index is 0.267. The number of phenols is 1. The molecule has 0 amide bonds. The molecule has 4 aromatic heterocycles. The average Bonchev–Trinajstić information content (AvgIpc) is 3.81. The zero-order valence-corrected chi connectivity index (χ0v) is 34.0. The summed E-state index contributed by atoms with van der Waals surface area (Å²) in [5, 5.41) is 9.25. The van der Waals surface area contributed by atoms with Crippen LogP contribution in [0.1, 0.15) is 0 Å². The highest BCUT2D eigenvalue weighted by molar-refractivity contribution is 9.10. The van der Waals surface area contributed by atoms with Gasteiger partial charge in [0.2, 0.25) is 0 Å². The van der Waals surface area contributed by atoms with Crippen LogP contribution in [0.25, 0.3) is 67.4 Å². The van der Waals surface area contributed by atoms with Crippen LogP contribution in [0.3, 0.4) is 0 Å². The number of hydrogen-bond acceptors (Lipinski definition) is 6. The van der Waals surface area contributed by atoms with Gasteiger partial charge in [0, 0.05) is 53.2 Å². The fourth-order valence-electron chi connectivity index (χ4n) is 6.72. The zero-order chi connectivity index (χ0) is 40.6. The summed E-state index contributed by atoms with van der Waals surface area (Å²) < 4.78 is 11.5. The van der Waals surface area contributed by atoms with Gasteiger partial charge in [-0.1, -0.05) is 101 Å². The van der Waals surface area contributed by atoms with Crippen LogP contribution in [0.2, 0.25) is 0 Å². The quantitative estimate of drug-likeness (QED) is 0.179. The number of rotatable bonds is 6. The Hall–Kier alpha value is -7.36. The van der Waals surface area contributed by atoms with Gasteiger partial charge in [0.15, 0.2) is 0 Å². The third-order valence-corrected chi connectivity index (χ3v) is 10.1. The van der Waals surface area contributed by atoms with Crippen molar-refractivity contribution in [3.8, 4) is 62.5 Å². The number of nitrogens with zero attached hydrogens (tertiary/aromatic N) is 6. The van der Waals surface area contributed by atoms with Crippen LogP contribution in [-0.2, 0) is 14.1 Å². The van der Waals surface area contributed by atoms with Crippen LogP contribution in [0.15, 0.2) is 199 Å². The van der Waals surface area contributed by atoms with E-state index in [-0.39, 0.29) is 5.75 Å². The van der Waals surface area contributed by atoms with Gasteiger partial charge in [0.05, 0.1) is 33.5 Å². The van der Waals surface area contributed by atoms with E-state index in [4.69, 9.17) is 9.72 Å². The van der Waals surface area contributed by atoms with Crippen molar-refractivity contribution >= 4 is 38.0 Å². The molecule has 0 saturated carbocycles. The molecule has 10 aromatic rings. The van der Waals surface area contributed by atoms with E-state index in [1.165, 1.54) is 0 Å². The smallest absolute Gasteiger partial charge is 0.140 e. The molecular weight excluding hydrogens is 796 g/mol. The van der Waals surface area contributed by atoms with E-state index < -0.39 is 0 Å². The first-order valence-electron chi connectivity index (χ1n) is 19.0. The van der Waals surface area contributed by atoms with Crippen molar-refractivity contribution in [2.24, 2.45) is 14.1 Å². The van der Waals surface area contributed by atoms with Gasteiger partial charge >= 0.3 is 0 Å². The van der Waals surface area contributed by atoms with E-state index >= 15 is 0 Å². The average molecular weight is 836 g/mol. The molecule has 10 rings (SSSR count). The van der Waals surface area contributed by atoms with Gasteiger partial charge in [-0.15, -0.1) is 0 Å². The Labute approximate surface area is 350 Å². The first-order chi connectivity index (χ1) is 28.9. The molecule has 59 heavy (non-hydrogen) atoms. The van der Waals surface area contributed by atoms with Crippen molar-refractivity contribution in [3.63, 3.8) is 0 Å². The van der Waals surface area contributed by atoms with Gasteiger partial charge in [-0.3, -0.25) is 9.97 Å². The summed E-state index contributed by atoms with van der Waals surface area (Å²) in [7, 11) is 4.08. The third kappa shape index (κ3) is 9.12. The van der Waals surface area contributed by atoms with Gasteiger partial charge in [-0.25, -0.2) is 9.97 Å². The van der Waals surface area contributed by atoms with Crippen molar-refractivity contribution in [1.82, 2.24) is 29.1 Å². The summed E-state index contributed by atoms with van der Waals surface area (Å²) in [6, 6.07) is 59.2. The molecule has 0 saturated heterocycles. The number of fused-ring (bicyclic) bond motifs is 2. The molecule has 0 aliphatic carbocycles. The summed E-state index contributed by atoms with van der Waals surface area (Å²) in [5.74, 6) is 3.72. The SMILES string of the molecule is Cn1c(-c2cccc(Br)c2)nc2ccccc21.Cn1c(-c2cccc(Oc3cccc(-c4ccccn4)c3)c2)nc2ccccc21.Oc1cccc(-c2ccccn2)c1. The zero-order valence-electron chi connectivity index (χ0n) is 32.4.